The molecule has 1 amide bonds. The number of Topliss-reactive ketones (excluding diaryl/α,β-unsaturated/α-hetero) is 1. The predicted octanol–water partition coefficient (Wildman–Crippen LogP) is 3.50. The van der Waals surface area contributed by atoms with Crippen molar-refractivity contribution >= 4 is 27.1 Å². The first-order chi connectivity index (χ1) is 16.7. The molecule has 1 aliphatic heterocycles. The Balaban J connectivity index is 1.55. The van der Waals surface area contributed by atoms with Crippen LogP contribution in [0, 0.1) is 5.92 Å². The summed E-state index contributed by atoms with van der Waals surface area (Å²) < 4.78 is 28.6. The molecule has 0 saturated carbocycles. The average molecular weight is 504 g/mol. The number of carbonyl (C=O) groups is 2. The van der Waals surface area contributed by atoms with Crippen molar-refractivity contribution in [2.75, 3.05) is 26.9 Å². The summed E-state index contributed by atoms with van der Waals surface area (Å²) in [6.07, 6.45) is 1.77. The Bertz CT molecular complexity index is 1110. The molecular formula is C26H33NO7S. The summed E-state index contributed by atoms with van der Waals surface area (Å²) in [4.78, 5) is 25.5. The second kappa shape index (κ2) is 11.7. The second-order valence-electron chi connectivity index (χ2n) is 8.68. The maximum atomic E-state index is 13.7. The van der Waals surface area contributed by atoms with E-state index < -0.39 is 20.2 Å². The van der Waals surface area contributed by atoms with E-state index in [4.69, 9.17) is 14.2 Å². The summed E-state index contributed by atoms with van der Waals surface area (Å²) in [7, 11) is -1.50. The molecule has 1 fully saturated rings. The van der Waals surface area contributed by atoms with Gasteiger partial charge in [-0.1, -0.05) is 6.92 Å². The molecule has 0 radical (unpaired) electrons. The minimum Gasteiger partial charge on any atom is -0.497 e. The number of amides is 1. The topological polar surface area (TPSA) is 111 Å². The van der Waals surface area contributed by atoms with Gasteiger partial charge >= 0.3 is 0 Å². The van der Waals surface area contributed by atoms with Crippen LogP contribution in [0.15, 0.2) is 53.4 Å². The fourth-order valence-electron chi connectivity index (χ4n) is 4.24. The van der Waals surface area contributed by atoms with E-state index in [-0.39, 0.29) is 37.8 Å². The second-order valence-corrected chi connectivity index (χ2v) is 11.3. The maximum absolute atomic E-state index is 13.7. The predicted molar refractivity (Wildman–Crippen MR) is 134 cm³/mol. The lowest BCUT2D eigenvalue weighted by molar-refractivity contribution is -0.134. The van der Waals surface area contributed by atoms with Gasteiger partial charge in [-0.3, -0.25) is 19.0 Å². The summed E-state index contributed by atoms with van der Waals surface area (Å²) in [6.45, 7) is 2.86. The fourth-order valence-corrected chi connectivity index (χ4v) is 6.44. The molecule has 1 aliphatic rings. The van der Waals surface area contributed by atoms with Gasteiger partial charge in [0, 0.05) is 39.1 Å². The smallest absolute Gasteiger partial charge is 0.262 e. The highest BCUT2D eigenvalue weighted by molar-refractivity contribution is 8.02. The van der Waals surface area contributed by atoms with Gasteiger partial charge in [-0.2, -0.15) is 0 Å². The fraction of sp³-hybridized carbons (Fsp3) is 0.423. The number of benzene rings is 2. The normalized spacial score (nSPS) is 17.6. The third kappa shape index (κ3) is 5.86. The number of rotatable bonds is 11. The van der Waals surface area contributed by atoms with Crippen LogP contribution in [0.25, 0.3) is 0 Å². The van der Waals surface area contributed by atoms with Gasteiger partial charge in [0.25, 0.3) is 5.91 Å². The Hall–Kier alpha value is -2.88. The summed E-state index contributed by atoms with van der Waals surface area (Å²) >= 11 is 0. The van der Waals surface area contributed by atoms with Gasteiger partial charge in [0.2, 0.25) is 0 Å². The van der Waals surface area contributed by atoms with Crippen LogP contribution in [0.4, 0.5) is 0 Å². The number of nitrogens with one attached hydrogen (secondary N) is 1. The molecule has 190 valence electrons. The van der Waals surface area contributed by atoms with Gasteiger partial charge < -0.3 is 14.2 Å². The third-order valence-corrected chi connectivity index (χ3v) is 9.41. The van der Waals surface area contributed by atoms with E-state index in [1.807, 2.05) is 6.92 Å². The van der Waals surface area contributed by atoms with Crippen molar-refractivity contribution in [3.63, 3.8) is 0 Å². The van der Waals surface area contributed by atoms with Gasteiger partial charge in [0.15, 0.2) is 5.78 Å². The summed E-state index contributed by atoms with van der Waals surface area (Å²) in [5, 5.41) is 9.25. The Labute approximate surface area is 206 Å². The van der Waals surface area contributed by atoms with E-state index in [0.717, 1.165) is 0 Å². The number of methoxy groups -OCH3 is 1. The Morgan fingerprint density at radius 2 is 1.71 bits per heavy atom. The van der Waals surface area contributed by atoms with E-state index in [1.54, 1.807) is 61.1 Å². The standard InChI is InChI=1S/C26H33NO7S/c1-19(24(28)20-6-8-21(32-2)9-7-20)5-4-16-34-22-10-12-23(13-11-22)35(3,31)26(25(29)27-30)14-17-33-18-15-26/h6-13,19,30H,3-5,14-18H2,1-2H3,(H,27,29). The summed E-state index contributed by atoms with van der Waals surface area (Å²) in [5.74, 6) is 4.43. The molecule has 1 heterocycles. The molecule has 2 aromatic carbocycles. The molecule has 0 bridgehead atoms. The van der Waals surface area contributed by atoms with E-state index >= 15 is 0 Å². The molecule has 9 heteroatoms. The molecular weight excluding hydrogens is 470 g/mol. The quantitative estimate of drug-likeness (QED) is 0.159. The van der Waals surface area contributed by atoms with Gasteiger partial charge in [-0.25, -0.2) is 5.48 Å². The number of carbonyl (C=O) groups excluding carboxylic acids is 2. The molecule has 35 heavy (non-hydrogen) atoms. The highest BCUT2D eigenvalue weighted by Gasteiger charge is 2.48. The Kier molecular flexibility index (Phi) is 8.93. The zero-order valence-electron chi connectivity index (χ0n) is 20.2. The zero-order chi connectivity index (χ0) is 25.5. The molecule has 0 aromatic heterocycles. The number of ether oxygens (including phenoxy) is 3. The third-order valence-electron chi connectivity index (χ3n) is 6.52. The summed E-state index contributed by atoms with van der Waals surface area (Å²) in [6, 6.07) is 13.8. The van der Waals surface area contributed by atoms with Gasteiger partial charge in [0.05, 0.1) is 13.7 Å². The number of hydrogen-bond acceptors (Lipinski definition) is 7. The lowest BCUT2D eigenvalue weighted by Crippen LogP contribution is -2.54. The first-order valence-corrected chi connectivity index (χ1v) is 13.3. The SMILES string of the molecule is C=S(=O)(c1ccc(OCCCC(C)C(=O)c2ccc(OC)cc2)cc1)C1(C(=O)NO)CCOCC1. The molecule has 2 N–H and O–H groups in total. The lowest BCUT2D eigenvalue weighted by Gasteiger charge is -2.37. The van der Waals surface area contributed by atoms with Crippen LogP contribution in [-0.2, 0) is 19.1 Å². The molecule has 2 unspecified atom stereocenters. The van der Waals surface area contributed by atoms with Crippen molar-refractivity contribution < 1.29 is 33.2 Å². The molecule has 0 aliphatic carbocycles. The van der Waals surface area contributed by atoms with Crippen LogP contribution >= 0.6 is 0 Å². The van der Waals surface area contributed by atoms with Crippen LogP contribution in [0.5, 0.6) is 11.5 Å². The van der Waals surface area contributed by atoms with E-state index in [9.17, 15) is 19.0 Å². The van der Waals surface area contributed by atoms with Crippen LogP contribution in [0.2, 0.25) is 0 Å². The average Bonchev–Trinajstić information content (AvgIpc) is 2.90. The number of hydrogen-bond donors (Lipinski definition) is 2. The van der Waals surface area contributed by atoms with Crippen LogP contribution < -0.4 is 15.0 Å². The van der Waals surface area contributed by atoms with Crippen molar-refractivity contribution in [2.24, 2.45) is 5.92 Å². The monoisotopic (exact) mass is 503 g/mol. The highest BCUT2D eigenvalue weighted by Crippen LogP contribution is 2.36. The minimum atomic E-state index is -3.08. The maximum Gasteiger partial charge on any atom is 0.262 e. The lowest BCUT2D eigenvalue weighted by atomic mass is 9.95. The van der Waals surface area contributed by atoms with Crippen LogP contribution in [-0.4, -0.2) is 58.7 Å². The number of hydroxylamine groups is 1. The van der Waals surface area contributed by atoms with Gasteiger partial charge in [0.1, 0.15) is 16.2 Å². The minimum absolute atomic E-state index is 0.0798. The summed E-state index contributed by atoms with van der Waals surface area (Å²) in [5.41, 5.74) is 2.32. The van der Waals surface area contributed by atoms with Crippen molar-refractivity contribution in [3.05, 3.63) is 54.1 Å². The largest absolute Gasteiger partial charge is 0.497 e. The Morgan fingerprint density at radius 1 is 1.11 bits per heavy atom. The van der Waals surface area contributed by atoms with Crippen molar-refractivity contribution in [1.82, 2.24) is 5.48 Å². The van der Waals surface area contributed by atoms with E-state index in [2.05, 4.69) is 5.87 Å². The van der Waals surface area contributed by atoms with E-state index in [1.165, 1.54) is 0 Å². The van der Waals surface area contributed by atoms with Crippen LogP contribution in [0.1, 0.15) is 43.0 Å². The number of ketones is 1. The van der Waals surface area contributed by atoms with E-state index in [0.29, 0.717) is 41.4 Å². The molecule has 2 atom stereocenters. The van der Waals surface area contributed by atoms with Gasteiger partial charge in [-0.15, -0.1) is 0 Å². The van der Waals surface area contributed by atoms with Crippen molar-refractivity contribution in [2.45, 2.75) is 42.2 Å². The van der Waals surface area contributed by atoms with Crippen LogP contribution in [0.3, 0.4) is 0 Å². The van der Waals surface area contributed by atoms with Crippen molar-refractivity contribution in [1.29, 1.82) is 0 Å². The molecule has 3 rings (SSSR count). The molecule has 8 nitrogen and oxygen atoms in total. The highest BCUT2D eigenvalue weighted by atomic mass is 32.2. The molecule has 1 saturated heterocycles. The zero-order valence-corrected chi connectivity index (χ0v) is 21.0. The van der Waals surface area contributed by atoms with Gasteiger partial charge in [-0.05, 0) is 80.1 Å². The first kappa shape index (κ1) is 26.7. The van der Waals surface area contributed by atoms with Crippen molar-refractivity contribution in [3.8, 4) is 11.5 Å². The Morgan fingerprint density at radius 3 is 2.29 bits per heavy atom. The molecule has 0 spiro atoms. The molecule has 2 aromatic rings. The first-order valence-electron chi connectivity index (χ1n) is 11.6.